The molecule has 1 saturated heterocycles. The number of nitrogens with two attached hydrogens (primary N) is 2. The Balaban J connectivity index is 1.60. The number of rotatable bonds is 4. The molecule has 0 unspecified atom stereocenters. The van der Waals surface area contributed by atoms with Crippen molar-refractivity contribution >= 4 is 22.6 Å². The molecule has 6 heteroatoms. The quantitative estimate of drug-likeness (QED) is 0.736. The summed E-state index contributed by atoms with van der Waals surface area (Å²) in [6, 6.07) is 5.71. The molecule has 0 atom stereocenters. The number of carbonyl (C=O) groups is 1. The number of piperidine rings is 1. The molecule has 21 heavy (non-hydrogen) atoms. The lowest BCUT2D eigenvalue weighted by atomic mass is 9.93. The molecule has 112 valence electrons. The molecular weight excluding hydrogens is 266 g/mol. The second-order valence-corrected chi connectivity index (χ2v) is 5.85. The fourth-order valence-corrected chi connectivity index (χ4v) is 3.00. The second kappa shape index (κ2) is 5.73. The average Bonchev–Trinajstić information content (AvgIpc) is 2.82. The smallest absolute Gasteiger partial charge is 0.217 e. The van der Waals surface area contributed by atoms with Crippen LogP contribution in [0.3, 0.4) is 0 Å². The van der Waals surface area contributed by atoms with Gasteiger partial charge in [-0.2, -0.15) is 0 Å². The van der Waals surface area contributed by atoms with E-state index < -0.39 is 0 Å². The molecule has 1 aromatic heterocycles. The number of anilines is 1. The highest BCUT2D eigenvalue weighted by atomic mass is 16.1. The maximum Gasteiger partial charge on any atom is 0.217 e. The molecule has 2 aromatic rings. The van der Waals surface area contributed by atoms with Gasteiger partial charge in [0.15, 0.2) is 0 Å². The normalized spacial score (nSPS) is 17.3. The van der Waals surface area contributed by atoms with Crippen molar-refractivity contribution in [2.24, 2.45) is 11.7 Å². The molecule has 2 heterocycles. The number of hydrogen-bond acceptors (Lipinski definition) is 4. The molecule has 6 nitrogen and oxygen atoms in total. The van der Waals surface area contributed by atoms with Gasteiger partial charge in [0.25, 0.3) is 0 Å². The van der Waals surface area contributed by atoms with Gasteiger partial charge in [-0.05, 0) is 50.0 Å². The Bertz CT molecular complexity index is 643. The lowest BCUT2D eigenvalue weighted by molar-refractivity contribution is -0.119. The minimum absolute atomic E-state index is 0.191. The first kappa shape index (κ1) is 13.9. The lowest BCUT2D eigenvalue weighted by Gasteiger charge is -2.30. The number of nitrogens with zero attached hydrogens (tertiary/aromatic N) is 2. The summed E-state index contributed by atoms with van der Waals surface area (Å²) in [5.74, 6) is 1.21. The maximum absolute atomic E-state index is 11.0. The first-order valence-electron chi connectivity index (χ1n) is 7.35. The van der Waals surface area contributed by atoms with Crippen LogP contribution in [-0.2, 0) is 11.3 Å². The minimum atomic E-state index is -0.191. The molecule has 0 radical (unpaired) electrons. The number of fused-ring (bicyclic) bond motifs is 1. The van der Waals surface area contributed by atoms with Crippen LogP contribution < -0.4 is 11.5 Å². The zero-order valence-corrected chi connectivity index (χ0v) is 12.0. The molecular formula is C15H21N5O. The van der Waals surface area contributed by atoms with E-state index in [-0.39, 0.29) is 5.91 Å². The van der Waals surface area contributed by atoms with Crippen molar-refractivity contribution < 1.29 is 4.79 Å². The van der Waals surface area contributed by atoms with E-state index in [0.29, 0.717) is 12.3 Å². The number of imidazole rings is 1. The highest BCUT2D eigenvalue weighted by Crippen LogP contribution is 2.22. The van der Waals surface area contributed by atoms with Crippen molar-refractivity contribution in [3.8, 4) is 0 Å². The highest BCUT2D eigenvalue weighted by Gasteiger charge is 2.21. The molecule has 1 amide bonds. The van der Waals surface area contributed by atoms with Crippen molar-refractivity contribution in [2.75, 3.05) is 18.8 Å². The molecule has 0 spiro atoms. The van der Waals surface area contributed by atoms with E-state index in [1.165, 1.54) is 0 Å². The number of primary amides is 1. The predicted octanol–water partition coefficient (Wildman–Crippen LogP) is 1.23. The van der Waals surface area contributed by atoms with E-state index >= 15 is 0 Å². The first-order chi connectivity index (χ1) is 10.1. The van der Waals surface area contributed by atoms with Crippen LogP contribution in [0.5, 0.6) is 0 Å². The van der Waals surface area contributed by atoms with Crippen molar-refractivity contribution in [3.63, 3.8) is 0 Å². The third-order valence-electron chi connectivity index (χ3n) is 4.13. The SMILES string of the molecule is NC(=O)CC1CCN(Cc2nc3ccc(N)cc3[nH]2)CC1. The number of likely N-dealkylation sites (tertiary alicyclic amines) is 1. The largest absolute Gasteiger partial charge is 0.399 e. The number of carbonyl (C=O) groups excluding carboxylic acids is 1. The van der Waals surface area contributed by atoms with Crippen LogP contribution in [0.25, 0.3) is 11.0 Å². The van der Waals surface area contributed by atoms with Crippen molar-refractivity contribution in [1.82, 2.24) is 14.9 Å². The molecule has 1 aliphatic heterocycles. The summed E-state index contributed by atoms with van der Waals surface area (Å²) in [7, 11) is 0. The van der Waals surface area contributed by atoms with Gasteiger partial charge in [0, 0.05) is 12.1 Å². The molecule has 0 saturated carbocycles. The van der Waals surface area contributed by atoms with Crippen molar-refractivity contribution in [2.45, 2.75) is 25.8 Å². The number of nitrogens with one attached hydrogen (secondary N) is 1. The third kappa shape index (κ3) is 3.33. The zero-order chi connectivity index (χ0) is 14.8. The van der Waals surface area contributed by atoms with Crippen LogP contribution >= 0.6 is 0 Å². The van der Waals surface area contributed by atoms with E-state index in [0.717, 1.165) is 55.0 Å². The van der Waals surface area contributed by atoms with Crippen LogP contribution in [0.1, 0.15) is 25.1 Å². The summed E-state index contributed by atoms with van der Waals surface area (Å²) in [6.45, 7) is 2.77. The Hall–Kier alpha value is -2.08. The van der Waals surface area contributed by atoms with Crippen LogP contribution in [-0.4, -0.2) is 33.9 Å². The van der Waals surface area contributed by atoms with E-state index in [2.05, 4.69) is 14.9 Å². The number of benzene rings is 1. The van der Waals surface area contributed by atoms with Crippen LogP contribution in [0.4, 0.5) is 5.69 Å². The molecule has 5 N–H and O–H groups in total. The van der Waals surface area contributed by atoms with Gasteiger partial charge >= 0.3 is 0 Å². The molecule has 0 aliphatic carbocycles. The fourth-order valence-electron chi connectivity index (χ4n) is 3.00. The Kier molecular flexibility index (Phi) is 3.79. The Morgan fingerprint density at radius 2 is 2.14 bits per heavy atom. The van der Waals surface area contributed by atoms with Gasteiger partial charge in [-0.1, -0.05) is 0 Å². The summed E-state index contributed by atoms with van der Waals surface area (Å²) in [5.41, 5.74) is 13.7. The van der Waals surface area contributed by atoms with Crippen LogP contribution in [0.15, 0.2) is 18.2 Å². The van der Waals surface area contributed by atoms with E-state index in [1.54, 1.807) is 0 Å². The van der Waals surface area contributed by atoms with Gasteiger partial charge in [-0.25, -0.2) is 4.98 Å². The molecule has 1 aliphatic rings. The van der Waals surface area contributed by atoms with Gasteiger partial charge in [-0.15, -0.1) is 0 Å². The van der Waals surface area contributed by atoms with Crippen LogP contribution in [0, 0.1) is 5.92 Å². The molecule has 1 aromatic carbocycles. The topological polar surface area (TPSA) is 101 Å². The monoisotopic (exact) mass is 287 g/mol. The summed E-state index contributed by atoms with van der Waals surface area (Å²) in [6.07, 6.45) is 2.56. The maximum atomic E-state index is 11.0. The van der Waals surface area contributed by atoms with Gasteiger partial charge in [0.05, 0.1) is 17.6 Å². The zero-order valence-electron chi connectivity index (χ0n) is 12.0. The molecule has 3 rings (SSSR count). The second-order valence-electron chi connectivity index (χ2n) is 5.85. The van der Waals surface area contributed by atoms with Gasteiger partial charge in [-0.3, -0.25) is 9.69 Å². The minimum Gasteiger partial charge on any atom is -0.399 e. The van der Waals surface area contributed by atoms with E-state index in [1.807, 2.05) is 18.2 Å². The van der Waals surface area contributed by atoms with Crippen LogP contribution in [0.2, 0.25) is 0 Å². The standard InChI is InChI=1S/C15H21N5O/c16-11-1-2-12-13(8-11)19-15(18-12)9-20-5-3-10(4-6-20)7-14(17)21/h1-2,8,10H,3-7,9,16H2,(H2,17,21)(H,18,19). The summed E-state index contributed by atoms with van der Waals surface area (Å²) in [4.78, 5) is 21.2. The summed E-state index contributed by atoms with van der Waals surface area (Å²) < 4.78 is 0. The fraction of sp³-hybridized carbons (Fsp3) is 0.467. The summed E-state index contributed by atoms with van der Waals surface area (Å²) in [5, 5.41) is 0. The number of nitrogen functional groups attached to an aromatic ring is 1. The molecule has 1 fully saturated rings. The molecule has 0 bridgehead atoms. The van der Waals surface area contributed by atoms with E-state index in [4.69, 9.17) is 11.5 Å². The van der Waals surface area contributed by atoms with Crippen molar-refractivity contribution in [1.29, 1.82) is 0 Å². The number of aromatic amines is 1. The van der Waals surface area contributed by atoms with Crippen molar-refractivity contribution in [3.05, 3.63) is 24.0 Å². The highest BCUT2D eigenvalue weighted by molar-refractivity contribution is 5.78. The Morgan fingerprint density at radius 1 is 1.38 bits per heavy atom. The van der Waals surface area contributed by atoms with Gasteiger partial charge in [0.1, 0.15) is 5.82 Å². The average molecular weight is 287 g/mol. The first-order valence-corrected chi connectivity index (χ1v) is 7.35. The Morgan fingerprint density at radius 3 is 2.86 bits per heavy atom. The number of hydrogen-bond donors (Lipinski definition) is 3. The predicted molar refractivity (Wildman–Crippen MR) is 82.3 cm³/mol. The number of H-pyrrole nitrogens is 1. The van der Waals surface area contributed by atoms with Gasteiger partial charge < -0.3 is 16.5 Å². The third-order valence-corrected chi connectivity index (χ3v) is 4.13. The van der Waals surface area contributed by atoms with Gasteiger partial charge in [0.2, 0.25) is 5.91 Å². The van der Waals surface area contributed by atoms with E-state index in [9.17, 15) is 4.79 Å². The number of amides is 1. The Labute approximate surface area is 123 Å². The lowest BCUT2D eigenvalue weighted by Crippen LogP contribution is -2.34. The summed E-state index contributed by atoms with van der Waals surface area (Å²) >= 11 is 0. The number of aromatic nitrogens is 2.